The fourth-order valence-corrected chi connectivity index (χ4v) is 2.86. The highest BCUT2D eigenvalue weighted by Crippen LogP contribution is 2.17. The maximum atomic E-state index is 12.0. The number of carbonyl (C=O) groups excluding carboxylic acids is 1. The van der Waals surface area contributed by atoms with Crippen LogP contribution in [0.5, 0.6) is 0 Å². The van der Waals surface area contributed by atoms with Crippen LogP contribution >= 0.6 is 0 Å². The molecule has 116 valence electrons. The number of benzene rings is 1. The van der Waals surface area contributed by atoms with Gasteiger partial charge in [-0.15, -0.1) is 0 Å². The minimum Gasteiger partial charge on any atom is -0.326 e. The van der Waals surface area contributed by atoms with Crippen LogP contribution in [0.3, 0.4) is 0 Å². The average Bonchev–Trinajstić information content (AvgIpc) is 2.53. The van der Waals surface area contributed by atoms with Crippen LogP contribution in [0.4, 0.5) is 5.69 Å². The fraction of sp³-hybridized carbons (Fsp3) is 0.611. The van der Waals surface area contributed by atoms with Gasteiger partial charge in [0.15, 0.2) is 0 Å². The van der Waals surface area contributed by atoms with Crippen molar-refractivity contribution >= 4 is 11.6 Å². The third-order valence-corrected chi connectivity index (χ3v) is 4.24. The molecule has 0 aromatic heterocycles. The van der Waals surface area contributed by atoms with Gasteiger partial charge in [-0.1, -0.05) is 25.5 Å². The maximum Gasteiger partial charge on any atom is 0.224 e. The van der Waals surface area contributed by atoms with Gasteiger partial charge in [-0.3, -0.25) is 4.79 Å². The van der Waals surface area contributed by atoms with Crippen molar-refractivity contribution in [1.82, 2.24) is 5.32 Å². The summed E-state index contributed by atoms with van der Waals surface area (Å²) in [4.78, 5) is 12.0. The maximum absolute atomic E-state index is 12.0. The quantitative estimate of drug-likeness (QED) is 0.802. The molecule has 1 saturated heterocycles. The largest absolute Gasteiger partial charge is 0.326 e. The van der Waals surface area contributed by atoms with E-state index in [9.17, 15) is 4.79 Å². The molecule has 0 bridgehead atoms. The highest BCUT2D eigenvalue weighted by Gasteiger charge is 2.14. The minimum absolute atomic E-state index is 0.141. The van der Waals surface area contributed by atoms with Gasteiger partial charge in [0.25, 0.3) is 0 Å². The molecule has 21 heavy (non-hydrogen) atoms. The van der Waals surface area contributed by atoms with Crippen LogP contribution in [-0.4, -0.2) is 19.0 Å². The van der Waals surface area contributed by atoms with Crippen LogP contribution in [0, 0.1) is 5.92 Å². The van der Waals surface area contributed by atoms with Crippen molar-refractivity contribution in [2.24, 2.45) is 5.92 Å². The van der Waals surface area contributed by atoms with E-state index in [-0.39, 0.29) is 5.91 Å². The van der Waals surface area contributed by atoms with Gasteiger partial charge in [0.05, 0.1) is 0 Å². The Hall–Kier alpha value is -1.35. The summed E-state index contributed by atoms with van der Waals surface area (Å²) in [5, 5.41) is 6.40. The first kappa shape index (κ1) is 16.0. The van der Waals surface area contributed by atoms with Crippen LogP contribution in [0.15, 0.2) is 24.3 Å². The summed E-state index contributed by atoms with van der Waals surface area (Å²) in [6, 6.07) is 8.28. The summed E-state index contributed by atoms with van der Waals surface area (Å²) in [5.74, 6) is 0.808. The van der Waals surface area contributed by atoms with E-state index in [1.807, 2.05) is 12.1 Å². The standard InChI is InChI=1S/C18H28N2O/c1-2-3-5-15-7-10-17(11-8-15)20-18(21)12-9-16-6-4-13-19-14-16/h7-8,10-11,16,19H,2-6,9,12-14H2,1H3,(H,20,21). The lowest BCUT2D eigenvalue weighted by Gasteiger charge is -2.22. The molecule has 0 aliphatic carbocycles. The average molecular weight is 288 g/mol. The van der Waals surface area contributed by atoms with Gasteiger partial charge in [0, 0.05) is 12.1 Å². The highest BCUT2D eigenvalue weighted by atomic mass is 16.1. The Kier molecular flexibility index (Phi) is 6.74. The Bertz CT molecular complexity index is 421. The number of aryl methyl sites for hydroxylation is 1. The van der Waals surface area contributed by atoms with Gasteiger partial charge >= 0.3 is 0 Å². The van der Waals surface area contributed by atoms with Crippen LogP contribution < -0.4 is 10.6 Å². The Morgan fingerprint density at radius 3 is 2.81 bits per heavy atom. The van der Waals surface area contributed by atoms with Gasteiger partial charge in [-0.05, 0) is 68.8 Å². The van der Waals surface area contributed by atoms with E-state index in [2.05, 4.69) is 29.7 Å². The van der Waals surface area contributed by atoms with Gasteiger partial charge < -0.3 is 10.6 Å². The molecule has 1 aromatic rings. The molecule has 1 heterocycles. The van der Waals surface area contributed by atoms with Crippen molar-refractivity contribution in [2.75, 3.05) is 18.4 Å². The lowest BCUT2D eigenvalue weighted by atomic mass is 9.94. The number of hydrogen-bond acceptors (Lipinski definition) is 2. The topological polar surface area (TPSA) is 41.1 Å². The summed E-state index contributed by atoms with van der Waals surface area (Å²) in [7, 11) is 0. The van der Waals surface area contributed by atoms with Crippen molar-refractivity contribution in [3.63, 3.8) is 0 Å². The van der Waals surface area contributed by atoms with E-state index in [0.29, 0.717) is 12.3 Å². The summed E-state index contributed by atoms with van der Waals surface area (Å²) >= 11 is 0. The number of nitrogens with one attached hydrogen (secondary N) is 2. The number of anilines is 1. The molecule has 1 amide bonds. The van der Waals surface area contributed by atoms with Crippen molar-refractivity contribution in [3.05, 3.63) is 29.8 Å². The number of unbranched alkanes of at least 4 members (excludes halogenated alkanes) is 1. The Labute approximate surface area is 128 Å². The van der Waals surface area contributed by atoms with Crippen LogP contribution in [0.2, 0.25) is 0 Å². The van der Waals surface area contributed by atoms with Crippen molar-refractivity contribution < 1.29 is 4.79 Å². The molecule has 1 aromatic carbocycles. The first-order valence-electron chi connectivity index (χ1n) is 8.37. The second-order valence-corrected chi connectivity index (χ2v) is 6.10. The molecule has 1 fully saturated rings. The molecule has 1 aliphatic heterocycles. The molecule has 1 aliphatic rings. The number of hydrogen-bond donors (Lipinski definition) is 2. The molecule has 3 heteroatoms. The Balaban J connectivity index is 1.71. The fourth-order valence-electron chi connectivity index (χ4n) is 2.86. The lowest BCUT2D eigenvalue weighted by molar-refractivity contribution is -0.116. The first-order chi connectivity index (χ1) is 10.3. The van der Waals surface area contributed by atoms with Gasteiger partial charge in [0.2, 0.25) is 5.91 Å². The number of rotatable bonds is 7. The summed E-state index contributed by atoms with van der Waals surface area (Å²) < 4.78 is 0. The predicted octanol–water partition coefficient (Wildman–Crippen LogP) is 3.75. The third kappa shape index (κ3) is 5.88. The van der Waals surface area contributed by atoms with Crippen LogP contribution in [0.25, 0.3) is 0 Å². The van der Waals surface area contributed by atoms with Crippen LogP contribution in [0.1, 0.15) is 51.0 Å². The molecule has 2 N–H and O–H groups in total. The summed E-state index contributed by atoms with van der Waals surface area (Å²) in [6.45, 7) is 4.41. The molecule has 0 radical (unpaired) electrons. The zero-order valence-corrected chi connectivity index (χ0v) is 13.2. The van der Waals surface area contributed by atoms with E-state index in [4.69, 9.17) is 0 Å². The number of amides is 1. The molecular weight excluding hydrogens is 260 g/mol. The van der Waals surface area contributed by atoms with E-state index >= 15 is 0 Å². The van der Waals surface area contributed by atoms with Gasteiger partial charge in [-0.2, -0.15) is 0 Å². The monoisotopic (exact) mass is 288 g/mol. The molecule has 0 saturated carbocycles. The normalized spacial score (nSPS) is 18.4. The second-order valence-electron chi connectivity index (χ2n) is 6.10. The molecular formula is C18H28N2O. The molecule has 3 nitrogen and oxygen atoms in total. The predicted molar refractivity (Wildman–Crippen MR) is 88.5 cm³/mol. The Morgan fingerprint density at radius 1 is 1.33 bits per heavy atom. The SMILES string of the molecule is CCCCc1ccc(NC(=O)CCC2CCCNC2)cc1. The van der Waals surface area contributed by atoms with E-state index in [1.165, 1.54) is 31.2 Å². The van der Waals surface area contributed by atoms with Gasteiger partial charge in [-0.25, -0.2) is 0 Å². The van der Waals surface area contributed by atoms with Crippen LogP contribution in [-0.2, 0) is 11.2 Å². The zero-order valence-electron chi connectivity index (χ0n) is 13.2. The smallest absolute Gasteiger partial charge is 0.224 e. The second kappa shape index (κ2) is 8.83. The lowest BCUT2D eigenvalue weighted by Crippen LogP contribution is -2.30. The first-order valence-corrected chi connectivity index (χ1v) is 8.37. The van der Waals surface area contributed by atoms with Crippen molar-refractivity contribution in [3.8, 4) is 0 Å². The molecule has 1 unspecified atom stereocenters. The minimum atomic E-state index is 0.141. The summed E-state index contributed by atoms with van der Waals surface area (Å²) in [5.41, 5.74) is 2.27. The Morgan fingerprint density at radius 2 is 2.14 bits per heavy atom. The molecule has 0 spiro atoms. The summed E-state index contributed by atoms with van der Waals surface area (Å²) in [6.07, 6.45) is 7.68. The highest BCUT2D eigenvalue weighted by molar-refractivity contribution is 5.90. The van der Waals surface area contributed by atoms with Crippen molar-refractivity contribution in [1.29, 1.82) is 0 Å². The zero-order chi connectivity index (χ0) is 14.9. The molecule has 2 rings (SSSR count). The van der Waals surface area contributed by atoms with E-state index in [0.717, 1.165) is 31.6 Å². The van der Waals surface area contributed by atoms with Gasteiger partial charge in [0.1, 0.15) is 0 Å². The third-order valence-electron chi connectivity index (χ3n) is 4.24. The van der Waals surface area contributed by atoms with Crippen molar-refractivity contribution in [2.45, 2.75) is 51.9 Å². The molecule has 1 atom stereocenters. The van der Waals surface area contributed by atoms with E-state index in [1.54, 1.807) is 0 Å². The van der Waals surface area contributed by atoms with E-state index < -0.39 is 0 Å². The number of carbonyl (C=O) groups is 1. The number of piperidine rings is 1.